The molecule has 0 aliphatic heterocycles. The number of rotatable bonds is 7. The van der Waals surface area contributed by atoms with E-state index in [1.807, 2.05) is 0 Å². The molecule has 2 aromatic heterocycles. The number of fused-ring (bicyclic) bond motifs is 1. The van der Waals surface area contributed by atoms with Crippen molar-refractivity contribution in [3.8, 4) is 5.75 Å². The first-order valence-electron chi connectivity index (χ1n) is 8.41. The van der Waals surface area contributed by atoms with Gasteiger partial charge in [0, 0.05) is 19.3 Å². The van der Waals surface area contributed by atoms with E-state index >= 15 is 0 Å². The van der Waals surface area contributed by atoms with E-state index in [4.69, 9.17) is 4.74 Å². The predicted molar refractivity (Wildman–Crippen MR) is 106 cm³/mol. The van der Waals surface area contributed by atoms with Gasteiger partial charge in [0.15, 0.2) is 0 Å². The Labute approximate surface area is 159 Å². The highest BCUT2D eigenvalue weighted by molar-refractivity contribution is 5.80. The Morgan fingerprint density at radius 1 is 1.32 bits per heavy atom. The molecule has 3 aromatic rings. The molecule has 3 rings (SSSR count). The van der Waals surface area contributed by atoms with Crippen molar-refractivity contribution < 1.29 is 9.13 Å². The van der Waals surface area contributed by atoms with Gasteiger partial charge in [-0.2, -0.15) is 0 Å². The molecule has 1 aromatic carbocycles. The number of aromatic amines is 1. The largest absolute Gasteiger partial charge is 0.487 e. The normalized spacial score (nSPS) is 11.6. The number of pyridine rings is 1. The fourth-order valence-corrected chi connectivity index (χ4v) is 2.89. The Morgan fingerprint density at radius 2 is 2.04 bits per heavy atom. The summed E-state index contributed by atoms with van der Waals surface area (Å²) in [5, 5.41) is 3.20. The summed E-state index contributed by atoms with van der Waals surface area (Å²) in [5.41, 5.74) is 0.853. The lowest BCUT2D eigenvalue weighted by Gasteiger charge is -2.15. The number of nitrogens with one attached hydrogen (secondary N) is 1. The summed E-state index contributed by atoms with van der Waals surface area (Å²) in [5.74, 6) is 0.0283. The Hall–Kier alpha value is -3.68. The number of hydrogen-bond acceptors (Lipinski definition) is 4. The third-order valence-corrected chi connectivity index (χ3v) is 4.27. The smallest absolute Gasteiger partial charge is 0.276 e. The van der Waals surface area contributed by atoms with E-state index in [0.29, 0.717) is 27.9 Å². The number of aryl methyl sites for hydroxylation is 1. The van der Waals surface area contributed by atoms with Crippen molar-refractivity contribution in [2.75, 3.05) is 0 Å². The predicted octanol–water partition coefficient (Wildman–Crippen LogP) is 2.52. The van der Waals surface area contributed by atoms with Crippen molar-refractivity contribution >= 4 is 17.6 Å². The number of nitrogens with zero attached hydrogens (tertiary/aromatic N) is 3. The fraction of sp³-hybridized carbons (Fsp3) is 0.150. The number of halogens is 1. The van der Waals surface area contributed by atoms with Crippen molar-refractivity contribution in [2.45, 2.75) is 13.2 Å². The molecule has 0 atom stereocenters. The third-order valence-electron chi connectivity index (χ3n) is 4.27. The van der Waals surface area contributed by atoms with Crippen LogP contribution in [0.25, 0.3) is 10.9 Å². The van der Waals surface area contributed by atoms with Crippen LogP contribution in [0.15, 0.2) is 69.3 Å². The number of H-pyrrole nitrogens is 1. The van der Waals surface area contributed by atoms with Gasteiger partial charge in [0.25, 0.3) is 11.1 Å². The first-order chi connectivity index (χ1) is 13.4. The molecule has 0 spiro atoms. The topological polar surface area (TPSA) is 81.4 Å². The van der Waals surface area contributed by atoms with Gasteiger partial charge in [-0.3, -0.25) is 24.4 Å². The summed E-state index contributed by atoms with van der Waals surface area (Å²) in [6, 6.07) is 6.85. The highest BCUT2D eigenvalue weighted by Gasteiger charge is 2.17. The standard InChI is InChI=1S/C20H19FN4O3/c1-4-13(10-22-2)11-25-17(12-28-15-7-5-14(21)6-8-15)19-16(9-18(25)26)23-24(3)20(19)27/h4-10,23H,1-2,11-12H2,3H3/b13-10+. The van der Waals surface area contributed by atoms with Crippen LogP contribution < -0.4 is 15.9 Å². The Kier molecular flexibility index (Phi) is 5.39. The minimum atomic E-state index is -0.386. The average Bonchev–Trinajstić information content (AvgIpc) is 2.95. The van der Waals surface area contributed by atoms with Gasteiger partial charge >= 0.3 is 0 Å². The number of aromatic nitrogens is 3. The van der Waals surface area contributed by atoms with Crippen LogP contribution in [0.3, 0.4) is 0 Å². The minimum absolute atomic E-state index is 0.0583. The van der Waals surface area contributed by atoms with Crippen LogP contribution >= 0.6 is 0 Å². The van der Waals surface area contributed by atoms with Crippen LogP contribution in [0.5, 0.6) is 5.75 Å². The summed E-state index contributed by atoms with van der Waals surface area (Å²) in [7, 11) is 1.57. The molecule has 2 heterocycles. The van der Waals surface area contributed by atoms with Crippen LogP contribution in [0.2, 0.25) is 0 Å². The maximum absolute atomic E-state index is 13.1. The molecular formula is C20H19FN4O3. The van der Waals surface area contributed by atoms with Gasteiger partial charge in [-0.25, -0.2) is 4.39 Å². The first-order valence-corrected chi connectivity index (χ1v) is 8.41. The van der Waals surface area contributed by atoms with Gasteiger partial charge in [-0.1, -0.05) is 12.7 Å². The van der Waals surface area contributed by atoms with E-state index in [9.17, 15) is 14.0 Å². The summed E-state index contributed by atoms with van der Waals surface area (Å²) in [6.45, 7) is 7.21. The summed E-state index contributed by atoms with van der Waals surface area (Å²) >= 11 is 0. The molecule has 144 valence electrons. The number of hydrogen-bond donors (Lipinski definition) is 1. The van der Waals surface area contributed by atoms with Gasteiger partial charge in [0.2, 0.25) is 0 Å². The van der Waals surface area contributed by atoms with E-state index in [1.54, 1.807) is 13.1 Å². The van der Waals surface area contributed by atoms with Crippen molar-refractivity contribution in [2.24, 2.45) is 12.0 Å². The van der Waals surface area contributed by atoms with Crippen LogP contribution in [0.4, 0.5) is 4.39 Å². The van der Waals surface area contributed by atoms with Crippen LogP contribution in [-0.2, 0) is 20.2 Å². The van der Waals surface area contributed by atoms with Crippen LogP contribution in [0.1, 0.15) is 5.69 Å². The second kappa shape index (κ2) is 7.91. The zero-order chi connectivity index (χ0) is 20.3. The van der Waals surface area contributed by atoms with Crippen molar-refractivity contribution in [3.63, 3.8) is 0 Å². The van der Waals surface area contributed by atoms with Gasteiger partial charge in [0.1, 0.15) is 18.2 Å². The second-order valence-electron chi connectivity index (χ2n) is 6.11. The van der Waals surface area contributed by atoms with Crippen molar-refractivity contribution in [3.05, 3.63) is 87.0 Å². The van der Waals surface area contributed by atoms with Crippen LogP contribution in [0, 0.1) is 5.82 Å². The quantitative estimate of drug-likeness (QED) is 0.504. The maximum Gasteiger partial charge on any atom is 0.276 e. The molecule has 0 aliphatic rings. The molecule has 0 amide bonds. The van der Waals surface area contributed by atoms with Crippen molar-refractivity contribution in [1.82, 2.24) is 14.3 Å². The van der Waals surface area contributed by atoms with E-state index in [-0.39, 0.29) is 30.1 Å². The summed E-state index contributed by atoms with van der Waals surface area (Å²) in [6.07, 6.45) is 3.05. The van der Waals surface area contributed by atoms with E-state index < -0.39 is 0 Å². The lowest BCUT2D eigenvalue weighted by atomic mass is 10.2. The zero-order valence-electron chi connectivity index (χ0n) is 15.3. The minimum Gasteiger partial charge on any atom is -0.487 e. The lowest BCUT2D eigenvalue weighted by molar-refractivity contribution is 0.295. The van der Waals surface area contributed by atoms with E-state index in [1.165, 1.54) is 45.8 Å². The van der Waals surface area contributed by atoms with Gasteiger partial charge in [-0.15, -0.1) is 0 Å². The molecule has 0 aliphatic carbocycles. The van der Waals surface area contributed by atoms with Gasteiger partial charge in [0.05, 0.1) is 23.1 Å². The Bertz CT molecular complexity index is 1180. The number of allylic oxidation sites excluding steroid dienone is 2. The number of ether oxygens (including phenoxy) is 1. The first kappa shape index (κ1) is 19.1. The molecule has 28 heavy (non-hydrogen) atoms. The highest BCUT2D eigenvalue weighted by atomic mass is 19.1. The zero-order valence-corrected chi connectivity index (χ0v) is 15.3. The average molecular weight is 382 g/mol. The Morgan fingerprint density at radius 3 is 2.68 bits per heavy atom. The van der Waals surface area contributed by atoms with Crippen LogP contribution in [-0.4, -0.2) is 21.1 Å². The fourth-order valence-electron chi connectivity index (χ4n) is 2.89. The number of benzene rings is 1. The molecule has 7 nitrogen and oxygen atoms in total. The van der Waals surface area contributed by atoms with Gasteiger partial charge in [-0.05, 0) is 36.6 Å². The summed E-state index contributed by atoms with van der Waals surface area (Å²) in [4.78, 5) is 29.0. The van der Waals surface area contributed by atoms with E-state index in [2.05, 4.69) is 23.4 Å². The van der Waals surface area contributed by atoms with Gasteiger partial charge < -0.3 is 9.30 Å². The molecule has 0 bridgehead atoms. The monoisotopic (exact) mass is 382 g/mol. The van der Waals surface area contributed by atoms with Crippen molar-refractivity contribution in [1.29, 1.82) is 0 Å². The second-order valence-corrected chi connectivity index (χ2v) is 6.11. The SMILES string of the molecule is C=C/C(=C\N=C)Cn1c(COc2ccc(F)cc2)c2c(=O)n(C)[nH]c2cc1=O. The molecule has 0 fully saturated rings. The molecule has 0 saturated carbocycles. The highest BCUT2D eigenvalue weighted by Crippen LogP contribution is 2.18. The molecule has 0 unspecified atom stereocenters. The maximum atomic E-state index is 13.1. The molecule has 0 saturated heterocycles. The van der Waals surface area contributed by atoms with E-state index in [0.717, 1.165) is 0 Å². The molecule has 1 N–H and O–H groups in total. The lowest BCUT2D eigenvalue weighted by Crippen LogP contribution is -2.26. The molecular weight excluding hydrogens is 363 g/mol. The molecule has 0 radical (unpaired) electrons. The molecule has 8 heteroatoms. The Balaban J connectivity index is 2.13. The summed E-state index contributed by atoms with van der Waals surface area (Å²) < 4.78 is 21.6. The third kappa shape index (κ3) is 3.71. The number of aliphatic imine (C=N–C) groups is 1.